The van der Waals surface area contributed by atoms with Gasteiger partial charge in [0.2, 0.25) is 0 Å². The number of halogens is 1. The summed E-state index contributed by atoms with van der Waals surface area (Å²) in [4.78, 5) is 10.7. The monoisotopic (exact) mass is 251 g/mol. The molecule has 2 aliphatic rings. The Morgan fingerprint density at radius 3 is 2.83 bits per heavy atom. The second-order valence-electron chi connectivity index (χ2n) is 4.86. The van der Waals surface area contributed by atoms with E-state index in [0.717, 1.165) is 25.3 Å². The molecule has 2 saturated heterocycles. The molecule has 0 spiro atoms. The van der Waals surface area contributed by atoms with Crippen LogP contribution in [0.5, 0.6) is 0 Å². The summed E-state index contributed by atoms with van der Waals surface area (Å²) in [5, 5.41) is 11.9. The summed E-state index contributed by atoms with van der Waals surface area (Å²) in [6.07, 6.45) is 3.45. The van der Waals surface area contributed by atoms with Crippen molar-refractivity contribution >= 4 is 11.7 Å². The van der Waals surface area contributed by atoms with Gasteiger partial charge in [-0.1, -0.05) is 0 Å². The van der Waals surface area contributed by atoms with Gasteiger partial charge in [-0.2, -0.15) is 0 Å². The van der Waals surface area contributed by atoms with Crippen LogP contribution >= 0.6 is 0 Å². The second-order valence-corrected chi connectivity index (χ2v) is 4.86. The summed E-state index contributed by atoms with van der Waals surface area (Å²) in [5.74, 6) is -1.65. The third-order valence-electron chi connectivity index (χ3n) is 3.66. The predicted octanol–water partition coefficient (Wildman–Crippen LogP) is 2.26. The summed E-state index contributed by atoms with van der Waals surface area (Å²) in [6, 6.07) is 4.06. The minimum absolute atomic E-state index is 0.0396. The fraction of sp³-hybridized carbons (Fsp3) is 0.462. The van der Waals surface area contributed by atoms with Crippen LogP contribution in [-0.4, -0.2) is 29.3 Å². The molecule has 96 valence electrons. The average Bonchev–Trinajstić information content (AvgIpc) is 2.93. The van der Waals surface area contributed by atoms with Crippen LogP contribution in [-0.2, 0) is 4.74 Å². The molecule has 0 radical (unpaired) electrons. The highest BCUT2D eigenvalue weighted by Crippen LogP contribution is 2.36. The lowest BCUT2D eigenvalue weighted by Gasteiger charge is -2.21. The molecule has 1 aromatic rings. The van der Waals surface area contributed by atoms with Crippen LogP contribution in [0.1, 0.15) is 29.6 Å². The van der Waals surface area contributed by atoms with E-state index in [0.29, 0.717) is 11.8 Å². The van der Waals surface area contributed by atoms with Crippen molar-refractivity contribution in [3.05, 3.63) is 29.6 Å². The van der Waals surface area contributed by atoms with Gasteiger partial charge in [0.1, 0.15) is 5.82 Å². The predicted molar refractivity (Wildman–Crippen MR) is 63.3 cm³/mol. The van der Waals surface area contributed by atoms with Crippen molar-refractivity contribution < 1.29 is 19.0 Å². The minimum atomic E-state index is -1.12. The van der Waals surface area contributed by atoms with Gasteiger partial charge in [0, 0.05) is 0 Å². The highest BCUT2D eigenvalue weighted by Gasteiger charge is 2.40. The first kappa shape index (κ1) is 11.5. The van der Waals surface area contributed by atoms with E-state index in [-0.39, 0.29) is 17.7 Å². The number of carboxylic acids is 1. The van der Waals surface area contributed by atoms with Gasteiger partial charge in [0.15, 0.2) is 0 Å². The number of aromatic carboxylic acids is 1. The Balaban J connectivity index is 1.75. The van der Waals surface area contributed by atoms with Crippen LogP contribution in [0.25, 0.3) is 0 Å². The largest absolute Gasteiger partial charge is 0.478 e. The van der Waals surface area contributed by atoms with E-state index >= 15 is 0 Å². The van der Waals surface area contributed by atoms with Crippen molar-refractivity contribution in [2.75, 3.05) is 5.32 Å². The number of ether oxygens (including phenoxy) is 1. The van der Waals surface area contributed by atoms with E-state index in [4.69, 9.17) is 9.84 Å². The van der Waals surface area contributed by atoms with E-state index in [2.05, 4.69) is 5.32 Å². The van der Waals surface area contributed by atoms with Crippen LogP contribution in [0.2, 0.25) is 0 Å². The number of fused-ring (bicyclic) bond motifs is 2. The molecule has 2 heterocycles. The normalized spacial score (nSPS) is 29.5. The Bertz CT molecular complexity index is 491. The summed E-state index contributed by atoms with van der Waals surface area (Å²) < 4.78 is 19.4. The number of carboxylic acid groups (broad SMARTS) is 1. The van der Waals surface area contributed by atoms with Gasteiger partial charge in [-0.3, -0.25) is 0 Å². The van der Waals surface area contributed by atoms with Gasteiger partial charge >= 0.3 is 5.97 Å². The van der Waals surface area contributed by atoms with Gasteiger partial charge < -0.3 is 15.2 Å². The van der Waals surface area contributed by atoms with E-state index in [1.807, 2.05) is 0 Å². The van der Waals surface area contributed by atoms with Gasteiger partial charge in [-0.25, -0.2) is 9.18 Å². The molecule has 3 rings (SSSR count). The fourth-order valence-corrected chi connectivity index (χ4v) is 2.75. The Hall–Kier alpha value is -1.62. The highest BCUT2D eigenvalue weighted by molar-refractivity contribution is 5.88. The van der Waals surface area contributed by atoms with E-state index in [9.17, 15) is 9.18 Å². The molecule has 3 atom stereocenters. The number of nitrogens with one attached hydrogen (secondary N) is 1. The second kappa shape index (κ2) is 4.24. The van der Waals surface area contributed by atoms with Crippen LogP contribution in [0.15, 0.2) is 18.2 Å². The zero-order valence-electron chi connectivity index (χ0n) is 9.73. The molecule has 0 aliphatic carbocycles. The molecule has 4 nitrogen and oxygen atoms in total. The van der Waals surface area contributed by atoms with Crippen LogP contribution in [0, 0.1) is 5.82 Å². The number of anilines is 1. The van der Waals surface area contributed by atoms with E-state index in [1.165, 1.54) is 12.1 Å². The van der Waals surface area contributed by atoms with Gasteiger partial charge in [0.05, 0.1) is 29.5 Å². The molecule has 2 fully saturated rings. The smallest absolute Gasteiger partial charge is 0.335 e. The zero-order chi connectivity index (χ0) is 12.7. The first-order valence-electron chi connectivity index (χ1n) is 6.08. The molecule has 18 heavy (non-hydrogen) atoms. The molecule has 0 aromatic heterocycles. The van der Waals surface area contributed by atoms with Gasteiger partial charge in [-0.05, 0) is 37.5 Å². The number of rotatable bonds is 3. The van der Waals surface area contributed by atoms with Crippen molar-refractivity contribution in [2.24, 2.45) is 0 Å². The topological polar surface area (TPSA) is 58.6 Å². The lowest BCUT2D eigenvalue weighted by Crippen LogP contribution is -2.30. The lowest BCUT2D eigenvalue weighted by molar-refractivity contribution is 0.0696. The van der Waals surface area contributed by atoms with Crippen molar-refractivity contribution in [1.82, 2.24) is 0 Å². The van der Waals surface area contributed by atoms with Crippen LogP contribution in [0.4, 0.5) is 10.1 Å². The maximum Gasteiger partial charge on any atom is 0.335 e. The Morgan fingerprint density at radius 1 is 1.44 bits per heavy atom. The third-order valence-corrected chi connectivity index (χ3v) is 3.66. The summed E-state index contributed by atoms with van der Waals surface area (Å²) in [5.41, 5.74) is 0.309. The van der Waals surface area contributed by atoms with Crippen LogP contribution < -0.4 is 5.32 Å². The molecule has 5 heteroatoms. The Morgan fingerprint density at radius 2 is 2.28 bits per heavy atom. The lowest BCUT2D eigenvalue weighted by atomic mass is 9.95. The zero-order valence-corrected chi connectivity index (χ0v) is 9.73. The fourth-order valence-electron chi connectivity index (χ4n) is 2.75. The van der Waals surface area contributed by atoms with Gasteiger partial charge in [-0.15, -0.1) is 0 Å². The molecule has 2 aliphatic heterocycles. The van der Waals surface area contributed by atoms with Crippen LogP contribution in [0.3, 0.4) is 0 Å². The molecule has 2 N–H and O–H groups in total. The first-order chi connectivity index (χ1) is 8.63. The first-order valence-corrected chi connectivity index (χ1v) is 6.08. The molecule has 0 amide bonds. The van der Waals surface area contributed by atoms with Crippen molar-refractivity contribution in [3.63, 3.8) is 0 Å². The third kappa shape index (κ3) is 1.95. The molecular weight excluding hydrogens is 237 g/mol. The van der Waals surface area contributed by atoms with Crippen molar-refractivity contribution in [3.8, 4) is 0 Å². The SMILES string of the molecule is O=C(O)c1ccc(NC2CC3CCC2O3)c(F)c1. The average molecular weight is 251 g/mol. The quantitative estimate of drug-likeness (QED) is 0.865. The van der Waals surface area contributed by atoms with Crippen molar-refractivity contribution in [2.45, 2.75) is 37.5 Å². The molecule has 1 aromatic carbocycles. The number of hydrogen-bond donors (Lipinski definition) is 2. The van der Waals surface area contributed by atoms with E-state index < -0.39 is 11.8 Å². The molecule has 3 unspecified atom stereocenters. The Kier molecular flexibility index (Phi) is 2.70. The van der Waals surface area contributed by atoms with Gasteiger partial charge in [0.25, 0.3) is 0 Å². The molecule has 0 saturated carbocycles. The maximum atomic E-state index is 13.7. The standard InChI is InChI=1S/C13H14FNO3/c14-9-5-7(13(16)17)1-3-10(9)15-11-6-8-2-4-12(11)18-8/h1,3,5,8,11-12,15H,2,4,6H2,(H,16,17). The molecule has 2 bridgehead atoms. The summed E-state index contributed by atoms with van der Waals surface area (Å²) in [6.45, 7) is 0. The maximum absolute atomic E-state index is 13.7. The summed E-state index contributed by atoms with van der Waals surface area (Å²) in [7, 11) is 0. The number of hydrogen-bond acceptors (Lipinski definition) is 3. The van der Waals surface area contributed by atoms with Crippen molar-refractivity contribution in [1.29, 1.82) is 0 Å². The molecular formula is C13H14FNO3. The number of benzene rings is 1. The Labute approximate surface area is 104 Å². The summed E-state index contributed by atoms with van der Waals surface area (Å²) >= 11 is 0. The van der Waals surface area contributed by atoms with E-state index in [1.54, 1.807) is 0 Å². The number of carbonyl (C=O) groups is 1. The minimum Gasteiger partial charge on any atom is -0.478 e. The highest BCUT2D eigenvalue weighted by atomic mass is 19.1.